The van der Waals surface area contributed by atoms with Crippen LogP contribution in [0, 0.1) is 0 Å². The van der Waals surface area contributed by atoms with E-state index in [1.807, 2.05) is 72.8 Å². The van der Waals surface area contributed by atoms with Crippen LogP contribution in [-0.2, 0) is 15.0 Å². The molecule has 0 saturated heterocycles. The van der Waals surface area contributed by atoms with Crippen molar-refractivity contribution in [3.05, 3.63) is 118 Å². The van der Waals surface area contributed by atoms with Gasteiger partial charge in [0.1, 0.15) is 0 Å². The van der Waals surface area contributed by atoms with E-state index in [1.54, 1.807) is 24.3 Å². The van der Waals surface area contributed by atoms with Crippen molar-refractivity contribution in [1.29, 1.82) is 0 Å². The van der Waals surface area contributed by atoms with E-state index in [-0.39, 0.29) is 18.6 Å². The quantitative estimate of drug-likeness (QED) is 0.307. The number of hydrogen-bond donors (Lipinski definition) is 1. The maximum Gasteiger partial charge on any atom is 0.303 e. The lowest BCUT2D eigenvalue weighted by molar-refractivity contribution is -0.137. The Balaban J connectivity index is 1.98. The number of carboxylic acid groups (broad SMARTS) is 1. The summed E-state index contributed by atoms with van der Waals surface area (Å²) in [5.74, 6) is -1.09. The summed E-state index contributed by atoms with van der Waals surface area (Å²) in [6.45, 7) is 0. The molecule has 0 aliphatic heterocycles. The molecule has 0 saturated carbocycles. The van der Waals surface area contributed by atoms with Crippen LogP contribution in [0.2, 0.25) is 10.0 Å². The maximum atomic E-state index is 13.7. The molecule has 33 heavy (non-hydrogen) atoms. The normalized spacial score (nSPS) is 13.3. The average Bonchev–Trinajstić information content (AvgIpc) is 2.81. The van der Waals surface area contributed by atoms with Gasteiger partial charge >= 0.3 is 5.97 Å². The van der Waals surface area contributed by atoms with Crippen molar-refractivity contribution in [2.75, 3.05) is 0 Å². The Morgan fingerprint density at radius 1 is 0.818 bits per heavy atom. The molecule has 1 atom stereocenters. The number of carbonyl (C=O) groups is 2. The monoisotopic (exact) mass is 478 g/mol. The summed E-state index contributed by atoms with van der Waals surface area (Å²) in [5.41, 5.74) is 1.51. The van der Waals surface area contributed by atoms with Crippen LogP contribution in [-0.4, -0.2) is 16.9 Å². The van der Waals surface area contributed by atoms with Gasteiger partial charge in [-0.3, -0.25) is 9.59 Å². The molecule has 1 unspecified atom stereocenters. The first-order valence-corrected chi connectivity index (χ1v) is 11.3. The predicted octanol–water partition coefficient (Wildman–Crippen LogP) is 7.48. The SMILES string of the molecule is O=C(O)CCC(C/C=C/c1cccc(Cl)c1)(C(=O)/C=C/c1ccc(Cl)cc1)c1ccccc1. The van der Waals surface area contributed by atoms with Gasteiger partial charge in [-0.2, -0.15) is 0 Å². The van der Waals surface area contributed by atoms with Gasteiger partial charge in [-0.15, -0.1) is 0 Å². The van der Waals surface area contributed by atoms with Crippen molar-refractivity contribution in [2.24, 2.45) is 0 Å². The molecule has 3 aromatic carbocycles. The smallest absolute Gasteiger partial charge is 0.303 e. The molecule has 0 aliphatic rings. The largest absolute Gasteiger partial charge is 0.481 e. The number of benzene rings is 3. The van der Waals surface area contributed by atoms with Crippen molar-refractivity contribution < 1.29 is 14.7 Å². The fourth-order valence-corrected chi connectivity index (χ4v) is 4.04. The van der Waals surface area contributed by atoms with Gasteiger partial charge in [0.05, 0.1) is 5.41 Å². The van der Waals surface area contributed by atoms with Crippen molar-refractivity contribution in [3.63, 3.8) is 0 Å². The number of rotatable bonds is 10. The first kappa shape index (κ1) is 24.5. The maximum absolute atomic E-state index is 13.7. The van der Waals surface area contributed by atoms with E-state index in [2.05, 4.69) is 0 Å². The van der Waals surface area contributed by atoms with E-state index in [1.165, 1.54) is 6.08 Å². The summed E-state index contributed by atoms with van der Waals surface area (Å²) in [6.07, 6.45) is 7.48. The molecule has 5 heteroatoms. The van der Waals surface area contributed by atoms with Gasteiger partial charge in [0, 0.05) is 16.5 Å². The lowest BCUT2D eigenvalue weighted by atomic mass is 9.70. The van der Waals surface area contributed by atoms with Crippen LogP contribution in [0.15, 0.2) is 91.0 Å². The average molecular weight is 479 g/mol. The molecule has 0 radical (unpaired) electrons. The molecule has 0 fully saturated rings. The number of hydrogen-bond acceptors (Lipinski definition) is 2. The van der Waals surface area contributed by atoms with Crippen LogP contribution in [0.5, 0.6) is 0 Å². The van der Waals surface area contributed by atoms with E-state index in [9.17, 15) is 14.7 Å². The predicted molar refractivity (Wildman–Crippen MR) is 136 cm³/mol. The van der Waals surface area contributed by atoms with Crippen molar-refractivity contribution in [3.8, 4) is 0 Å². The molecule has 0 spiro atoms. The third-order valence-electron chi connectivity index (χ3n) is 5.49. The van der Waals surface area contributed by atoms with Crippen LogP contribution in [0.1, 0.15) is 36.0 Å². The van der Waals surface area contributed by atoms with Crippen LogP contribution < -0.4 is 0 Å². The Hall–Kier alpha value is -3.14. The number of ketones is 1. The molecule has 3 aromatic rings. The summed E-state index contributed by atoms with van der Waals surface area (Å²) < 4.78 is 0. The molecule has 168 valence electrons. The first-order valence-electron chi connectivity index (χ1n) is 10.6. The molecular weight excluding hydrogens is 455 g/mol. The minimum Gasteiger partial charge on any atom is -0.481 e. The van der Waals surface area contributed by atoms with Gasteiger partial charge in [0.15, 0.2) is 5.78 Å². The van der Waals surface area contributed by atoms with Gasteiger partial charge in [-0.1, -0.05) is 96.0 Å². The van der Waals surface area contributed by atoms with E-state index in [4.69, 9.17) is 23.2 Å². The highest BCUT2D eigenvalue weighted by Gasteiger charge is 2.37. The topological polar surface area (TPSA) is 54.4 Å². The summed E-state index contributed by atoms with van der Waals surface area (Å²) in [6, 6.07) is 23.9. The molecule has 3 rings (SSSR count). The Kier molecular flexibility index (Phi) is 8.65. The van der Waals surface area contributed by atoms with Gasteiger partial charge in [-0.05, 0) is 59.9 Å². The number of aliphatic carboxylic acids is 1. The van der Waals surface area contributed by atoms with E-state index >= 15 is 0 Å². The first-order chi connectivity index (χ1) is 15.9. The number of carboxylic acids is 1. The van der Waals surface area contributed by atoms with Crippen LogP contribution >= 0.6 is 23.2 Å². The van der Waals surface area contributed by atoms with Crippen LogP contribution in [0.4, 0.5) is 0 Å². The minimum atomic E-state index is -1.02. The van der Waals surface area contributed by atoms with Crippen LogP contribution in [0.3, 0.4) is 0 Å². The third-order valence-corrected chi connectivity index (χ3v) is 5.97. The van der Waals surface area contributed by atoms with Crippen molar-refractivity contribution in [1.82, 2.24) is 0 Å². The second kappa shape index (κ2) is 11.6. The highest BCUT2D eigenvalue weighted by molar-refractivity contribution is 6.30. The Morgan fingerprint density at radius 3 is 2.21 bits per heavy atom. The second-order valence-electron chi connectivity index (χ2n) is 7.75. The van der Waals surface area contributed by atoms with E-state index in [0.717, 1.165) is 16.7 Å². The number of carbonyl (C=O) groups excluding carboxylic acids is 1. The molecule has 3 nitrogen and oxygen atoms in total. The van der Waals surface area contributed by atoms with Crippen LogP contribution in [0.25, 0.3) is 12.2 Å². The molecule has 0 aliphatic carbocycles. The Bertz CT molecular complexity index is 1150. The number of halogens is 2. The zero-order valence-electron chi connectivity index (χ0n) is 18.0. The Labute approximate surface area is 204 Å². The fraction of sp³-hybridized carbons (Fsp3) is 0.143. The molecule has 0 bridgehead atoms. The molecule has 0 heterocycles. The molecule has 0 aromatic heterocycles. The van der Waals surface area contributed by atoms with E-state index < -0.39 is 11.4 Å². The standard InChI is InChI=1S/C28H24Cl2O3/c29-24-14-11-21(12-15-24)13-16-26(31)28(19-17-27(32)33,23-8-2-1-3-9-23)18-5-7-22-6-4-10-25(30)20-22/h1-16,20H,17-19H2,(H,32,33)/b7-5+,16-13+. The van der Waals surface area contributed by atoms with Gasteiger partial charge < -0.3 is 5.11 Å². The zero-order chi connectivity index (χ0) is 23.7. The lowest BCUT2D eigenvalue weighted by Gasteiger charge is -2.31. The van der Waals surface area contributed by atoms with Gasteiger partial charge in [0.2, 0.25) is 0 Å². The van der Waals surface area contributed by atoms with E-state index in [0.29, 0.717) is 16.5 Å². The second-order valence-corrected chi connectivity index (χ2v) is 8.63. The number of allylic oxidation sites excluding steroid dienone is 2. The summed E-state index contributed by atoms with van der Waals surface area (Å²) in [5, 5.41) is 10.6. The Morgan fingerprint density at radius 2 is 1.55 bits per heavy atom. The minimum absolute atomic E-state index is 0.125. The zero-order valence-corrected chi connectivity index (χ0v) is 19.5. The van der Waals surface area contributed by atoms with Crippen molar-refractivity contribution in [2.45, 2.75) is 24.7 Å². The fourth-order valence-electron chi connectivity index (χ4n) is 3.72. The molecule has 1 N–H and O–H groups in total. The summed E-state index contributed by atoms with van der Waals surface area (Å²) in [7, 11) is 0. The van der Waals surface area contributed by atoms with Gasteiger partial charge in [-0.25, -0.2) is 0 Å². The third kappa shape index (κ3) is 6.92. The lowest BCUT2D eigenvalue weighted by Crippen LogP contribution is -2.35. The van der Waals surface area contributed by atoms with Gasteiger partial charge in [0.25, 0.3) is 0 Å². The highest BCUT2D eigenvalue weighted by atomic mass is 35.5. The van der Waals surface area contributed by atoms with Crippen molar-refractivity contribution >= 4 is 47.1 Å². The highest BCUT2D eigenvalue weighted by Crippen LogP contribution is 2.36. The summed E-state index contributed by atoms with van der Waals surface area (Å²) >= 11 is 12.0. The molecular formula is C28H24Cl2O3. The summed E-state index contributed by atoms with van der Waals surface area (Å²) in [4.78, 5) is 25.1. The molecule has 0 amide bonds.